The molecule has 1 aliphatic rings. The number of amides is 1. The fourth-order valence-electron chi connectivity index (χ4n) is 2.31. The highest BCUT2D eigenvalue weighted by Gasteiger charge is 2.21. The Kier molecular flexibility index (Phi) is 6.02. The Bertz CT molecular complexity index is 457. The minimum absolute atomic E-state index is 0.0236. The number of nitrogens with one attached hydrogen (secondary N) is 2. The van der Waals surface area contributed by atoms with Gasteiger partial charge in [-0.1, -0.05) is 12.1 Å². The number of carbonyl (C=O) groups is 1. The van der Waals surface area contributed by atoms with Gasteiger partial charge in [-0.25, -0.2) is 0 Å². The summed E-state index contributed by atoms with van der Waals surface area (Å²) in [6, 6.07) is 7.86. The van der Waals surface area contributed by atoms with Crippen molar-refractivity contribution in [2.75, 3.05) is 33.8 Å². The zero-order valence-corrected chi connectivity index (χ0v) is 12.9. The monoisotopic (exact) mass is 291 g/mol. The summed E-state index contributed by atoms with van der Waals surface area (Å²) in [4.78, 5) is 14.0. The minimum Gasteiger partial charge on any atom is -0.492 e. The maximum atomic E-state index is 11.9. The van der Waals surface area contributed by atoms with Gasteiger partial charge in [0.25, 0.3) is 0 Å². The van der Waals surface area contributed by atoms with E-state index < -0.39 is 0 Å². The third-order valence-corrected chi connectivity index (χ3v) is 3.55. The van der Waals surface area contributed by atoms with Crippen LogP contribution >= 0.6 is 0 Å². The van der Waals surface area contributed by atoms with Gasteiger partial charge >= 0.3 is 0 Å². The van der Waals surface area contributed by atoms with Crippen LogP contribution in [0.5, 0.6) is 5.75 Å². The maximum Gasteiger partial charge on any atom is 0.237 e. The third-order valence-electron chi connectivity index (χ3n) is 3.55. The Hall–Kier alpha value is -1.59. The number of carbonyl (C=O) groups excluding carboxylic acids is 1. The van der Waals surface area contributed by atoms with Gasteiger partial charge in [0.05, 0.1) is 6.04 Å². The van der Waals surface area contributed by atoms with E-state index in [2.05, 4.69) is 15.5 Å². The molecule has 0 radical (unpaired) electrons. The standard InChI is InChI=1S/C16H25N3O2/c1-19(2)9-10-21-14-6-3-5-13(11-14)12-18-16(20)15-7-4-8-17-15/h3,5-6,11,15,17H,4,7-10,12H2,1-2H3,(H,18,20). The van der Waals surface area contributed by atoms with Gasteiger partial charge in [0.1, 0.15) is 12.4 Å². The van der Waals surface area contributed by atoms with E-state index in [1.165, 1.54) is 0 Å². The second-order valence-corrected chi connectivity index (χ2v) is 5.67. The first-order chi connectivity index (χ1) is 10.1. The molecule has 2 rings (SSSR count). The number of rotatable bonds is 7. The Morgan fingerprint density at radius 3 is 3.05 bits per heavy atom. The first-order valence-electron chi connectivity index (χ1n) is 7.53. The predicted octanol–water partition coefficient (Wildman–Crippen LogP) is 0.995. The fraction of sp³-hybridized carbons (Fsp3) is 0.562. The summed E-state index contributed by atoms with van der Waals surface area (Å²) in [6.45, 7) is 3.03. The predicted molar refractivity (Wildman–Crippen MR) is 83.4 cm³/mol. The second kappa shape index (κ2) is 8.00. The maximum absolute atomic E-state index is 11.9. The molecule has 5 heteroatoms. The molecule has 0 saturated carbocycles. The van der Waals surface area contributed by atoms with Crippen molar-refractivity contribution in [3.63, 3.8) is 0 Å². The van der Waals surface area contributed by atoms with E-state index in [1.807, 2.05) is 38.4 Å². The van der Waals surface area contributed by atoms with Crippen LogP contribution in [0.2, 0.25) is 0 Å². The van der Waals surface area contributed by atoms with E-state index in [0.29, 0.717) is 13.2 Å². The topological polar surface area (TPSA) is 53.6 Å². The number of ether oxygens (including phenoxy) is 1. The molecule has 1 fully saturated rings. The zero-order chi connectivity index (χ0) is 15.1. The number of nitrogens with zero attached hydrogens (tertiary/aromatic N) is 1. The highest BCUT2D eigenvalue weighted by atomic mass is 16.5. The van der Waals surface area contributed by atoms with Gasteiger partial charge < -0.3 is 20.3 Å². The molecule has 0 bridgehead atoms. The SMILES string of the molecule is CN(C)CCOc1cccc(CNC(=O)C2CCCN2)c1. The molecular weight excluding hydrogens is 266 g/mol. The lowest BCUT2D eigenvalue weighted by molar-refractivity contribution is -0.122. The molecule has 1 amide bonds. The first kappa shape index (κ1) is 15.8. The largest absolute Gasteiger partial charge is 0.492 e. The molecular formula is C16H25N3O2. The van der Waals surface area contributed by atoms with Crippen molar-refractivity contribution < 1.29 is 9.53 Å². The lowest BCUT2D eigenvalue weighted by atomic mass is 10.2. The van der Waals surface area contributed by atoms with Gasteiger partial charge in [-0.2, -0.15) is 0 Å². The van der Waals surface area contributed by atoms with Gasteiger partial charge in [0.2, 0.25) is 5.91 Å². The summed E-state index contributed by atoms with van der Waals surface area (Å²) in [5, 5.41) is 6.18. The summed E-state index contributed by atoms with van der Waals surface area (Å²) in [6.07, 6.45) is 2.01. The lowest BCUT2D eigenvalue weighted by Gasteiger charge is -2.13. The Morgan fingerprint density at radius 2 is 2.33 bits per heavy atom. The first-order valence-corrected chi connectivity index (χ1v) is 7.53. The number of benzene rings is 1. The van der Waals surface area contributed by atoms with E-state index in [9.17, 15) is 4.79 Å². The average molecular weight is 291 g/mol. The van der Waals surface area contributed by atoms with Gasteiger partial charge in [-0.15, -0.1) is 0 Å². The van der Waals surface area contributed by atoms with E-state index in [-0.39, 0.29) is 11.9 Å². The van der Waals surface area contributed by atoms with Crippen molar-refractivity contribution in [1.82, 2.24) is 15.5 Å². The van der Waals surface area contributed by atoms with Crippen LogP contribution in [0.1, 0.15) is 18.4 Å². The van der Waals surface area contributed by atoms with Crippen LogP contribution in [-0.2, 0) is 11.3 Å². The molecule has 1 heterocycles. The smallest absolute Gasteiger partial charge is 0.237 e. The molecule has 1 aliphatic heterocycles. The molecule has 1 unspecified atom stereocenters. The fourth-order valence-corrected chi connectivity index (χ4v) is 2.31. The normalized spacial score (nSPS) is 18.0. The Morgan fingerprint density at radius 1 is 1.48 bits per heavy atom. The highest BCUT2D eigenvalue weighted by Crippen LogP contribution is 2.13. The van der Waals surface area contributed by atoms with Gasteiger partial charge in [0.15, 0.2) is 0 Å². The molecule has 5 nitrogen and oxygen atoms in total. The van der Waals surface area contributed by atoms with Crippen LogP contribution in [0.25, 0.3) is 0 Å². The van der Waals surface area contributed by atoms with Crippen LogP contribution in [0.3, 0.4) is 0 Å². The van der Waals surface area contributed by atoms with Crippen molar-refractivity contribution in [3.05, 3.63) is 29.8 Å². The van der Waals surface area contributed by atoms with Crippen LogP contribution in [0.4, 0.5) is 0 Å². The van der Waals surface area contributed by atoms with Crippen LogP contribution in [0, 0.1) is 0 Å². The second-order valence-electron chi connectivity index (χ2n) is 5.67. The Balaban J connectivity index is 1.78. The van der Waals surface area contributed by atoms with E-state index in [1.54, 1.807) is 0 Å². The van der Waals surface area contributed by atoms with Crippen LogP contribution in [-0.4, -0.2) is 50.6 Å². The molecule has 0 spiro atoms. The molecule has 1 aromatic rings. The molecule has 0 aliphatic carbocycles. The summed E-state index contributed by atoms with van der Waals surface area (Å²) >= 11 is 0. The van der Waals surface area contributed by atoms with Crippen LogP contribution in [0.15, 0.2) is 24.3 Å². The zero-order valence-electron chi connectivity index (χ0n) is 12.9. The lowest BCUT2D eigenvalue weighted by Crippen LogP contribution is -2.39. The minimum atomic E-state index is -0.0236. The number of likely N-dealkylation sites (N-methyl/N-ethyl adjacent to an activating group) is 1. The van der Waals surface area contributed by atoms with Crippen molar-refractivity contribution in [1.29, 1.82) is 0 Å². The van der Waals surface area contributed by atoms with Crippen molar-refractivity contribution in [3.8, 4) is 5.75 Å². The molecule has 1 atom stereocenters. The van der Waals surface area contributed by atoms with Gasteiger partial charge in [-0.3, -0.25) is 4.79 Å². The van der Waals surface area contributed by atoms with E-state index in [0.717, 1.165) is 37.2 Å². The molecule has 1 saturated heterocycles. The van der Waals surface area contributed by atoms with Gasteiger partial charge in [0, 0.05) is 13.1 Å². The molecule has 0 aromatic heterocycles. The average Bonchev–Trinajstić information content (AvgIpc) is 2.99. The quantitative estimate of drug-likeness (QED) is 0.787. The Labute approximate surface area is 126 Å². The molecule has 2 N–H and O–H groups in total. The molecule has 1 aromatic carbocycles. The van der Waals surface area contributed by atoms with E-state index in [4.69, 9.17) is 4.74 Å². The third kappa shape index (κ3) is 5.36. The van der Waals surface area contributed by atoms with Crippen molar-refractivity contribution in [2.45, 2.75) is 25.4 Å². The highest BCUT2D eigenvalue weighted by molar-refractivity contribution is 5.81. The summed E-state index contributed by atoms with van der Waals surface area (Å²) in [5.74, 6) is 0.939. The van der Waals surface area contributed by atoms with Crippen molar-refractivity contribution in [2.24, 2.45) is 0 Å². The summed E-state index contributed by atoms with van der Waals surface area (Å²) < 4.78 is 5.70. The van der Waals surface area contributed by atoms with Crippen molar-refractivity contribution >= 4 is 5.91 Å². The number of hydrogen-bond donors (Lipinski definition) is 2. The number of hydrogen-bond acceptors (Lipinski definition) is 4. The summed E-state index contributed by atoms with van der Waals surface area (Å²) in [7, 11) is 4.04. The van der Waals surface area contributed by atoms with E-state index >= 15 is 0 Å². The molecule has 21 heavy (non-hydrogen) atoms. The van der Waals surface area contributed by atoms with Gasteiger partial charge in [-0.05, 0) is 51.2 Å². The summed E-state index contributed by atoms with van der Waals surface area (Å²) in [5.41, 5.74) is 1.06. The molecule has 116 valence electrons. The van der Waals surface area contributed by atoms with Crippen LogP contribution < -0.4 is 15.4 Å².